The van der Waals surface area contributed by atoms with Crippen LogP contribution in [0.4, 0.5) is 0 Å². The van der Waals surface area contributed by atoms with Crippen LogP contribution < -0.4 is 4.78 Å². The smallest absolute Gasteiger partial charge is 0.423 e. The standard InChI is InChI=1S/C14H8Cl2S.C8H7BO2S.C6H3BrCl2/c15-11-6-3-5-10(14(11)16)13-8-9-4-1-2-7-12(9)17-13;10-9(11)8-5-6-3-1-2-4-7(6)12-8;7-4-2-1-3-5(8)6(4)9/h1-8H;1-5,10-11H;1-3H. The molecule has 2 nitrogen and oxygen atoms in total. The first-order valence-electron chi connectivity index (χ1n) is 11.1. The zero-order valence-electron chi connectivity index (χ0n) is 19.4. The molecule has 6 aromatic rings. The summed E-state index contributed by atoms with van der Waals surface area (Å²) in [5, 5.41) is 22.4. The van der Waals surface area contributed by atoms with Gasteiger partial charge >= 0.3 is 7.12 Å². The highest BCUT2D eigenvalue weighted by Gasteiger charge is 2.13. The molecule has 4 aromatic carbocycles. The second-order valence-electron chi connectivity index (χ2n) is 7.85. The number of halogens is 5. The van der Waals surface area contributed by atoms with Crippen LogP contribution in [0.3, 0.4) is 0 Å². The van der Waals surface area contributed by atoms with Crippen LogP contribution in [-0.2, 0) is 0 Å². The van der Waals surface area contributed by atoms with Gasteiger partial charge < -0.3 is 10.0 Å². The number of fused-ring (bicyclic) bond motifs is 2. The molecular formula is C28H18BBrCl4O2S2. The van der Waals surface area contributed by atoms with E-state index >= 15 is 0 Å². The molecule has 0 spiro atoms. The van der Waals surface area contributed by atoms with E-state index in [4.69, 9.17) is 56.5 Å². The lowest BCUT2D eigenvalue weighted by Crippen LogP contribution is -2.26. The van der Waals surface area contributed by atoms with Crippen molar-refractivity contribution in [2.75, 3.05) is 0 Å². The lowest BCUT2D eigenvalue weighted by molar-refractivity contribution is 0.427. The third kappa shape index (κ3) is 7.33. The predicted octanol–water partition coefficient (Wildman–Crippen LogP) is 10.2. The first-order chi connectivity index (χ1) is 18.2. The van der Waals surface area contributed by atoms with E-state index in [1.807, 2.05) is 60.7 Å². The van der Waals surface area contributed by atoms with Gasteiger partial charge in [-0.25, -0.2) is 0 Å². The van der Waals surface area contributed by atoms with Gasteiger partial charge in [-0.2, -0.15) is 0 Å². The van der Waals surface area contributed by atoms with Crippen LogP contribution >= 0.6 is 85.0 Å². The Labute approximate surface area is 257 Å². The van der Waals surface area contributed by atoms with E-state index in [1.54, 1.807) is 29.5 Å². The van der Waals surface area contributed by atoms with Crippen LogP contribution in [-0.4, -0.2) is 17.2 Å². The Kier molecular flexibility index (Phi) is 10.6. The average molecular weight is 683 g/mol. The summed E-state index contributed by atoms with van der Waals surface area (Å²) in [6, 6.07) is 31.2. The van der Waals surface area contributed by atoms with Gasteiger partial charge in [0.25, 0.3) is 0 Å². The van der Waals surface area contributed by atoms with Crippen molar-refractivity contribution < 1.29 is 10.0 Å². The molecule has 38 heavy (non-hydrogen) atoms. The zero-order valence-corrected chi connectivity index (χ0v) is 25.7. The predicted molar refractivity (Wildman–Crippen MR) is 173 cm³/mol. The minimum atomic E-state index is -1.35. The molecule has 2 heterocycles. The maximum Gasteiger partial charge on any atom is 0.499 e. The maximum absolute atomic E-state index is 8.89. The van der Waals surface area contributed by atoms with E-state index < -0.39 is 7.12 Å². The second-order valence-corrected chi connectivity index (χ2v) is 12.5. The molecule has 0 saturated carbocycles. The van der Waals surface area contributed by atoms with Crippen molar-refractivity contribution in [3.63, 3.8) is 0 Å². The molecule has 0 bridgehead atoms. The fourth-order valence-corrected chi connectivity index (χ4v) is 6.69. The Morgan fingerprint density at radius 2 is 1.16 bits per heavy atom. The zero-order chi connectivity index (χ0) is 27.2. The van der Waals surface area contributed by atoms with Gasteiger partial charge in [0.15, 0.2) is 0 Å². The highest BCUT2D eigenvalue weighted by atomic mass is 79.9. The van der Waals surface area contributed by atoms with Crippen LogP contribution in [0.5, 0.6) is 0 Å². The van der Waals surface area contributed by atoms with Crippen molar-refractivity contribution in [3.05, 3.63) is 122 Å². The summed E-state index contributed by atoms with van der Waals surface area (Å²) in [5.74, 6) is 0. The van der Waals surface area contributed by atoms with Gasteiger partial charge in [-0.15, -0.1) is 22.7 Å². The van der Waals surface area contributed by atoms with E-state index in [1.165, 1.54) is 21.4 Å². The Balaban J connectivity index is 0.000000141. The third-order valence-corrected chi connectivity index (χ3v) is 10.1. The van der Waals surface area contributed by atoms with Crippen molar-refractivity contribution in [3.8, 4) is 10.4 Å². The van der Waals surface area contributed by atoms with Crippen LogP contribution in [0.15, 0.2) is 102 Å². The molecule has 0 aliphatic heterocycles. The van der Waals surface area contributed by atoms with Crippen LogP contribution in [0, 0.1) is 0 Å². The van der Waals surface area contributed by atoms with Crippen molar-refractivity contribution in [1.82, 2.24) is 0 Å². The summed E-state index contributed by atoms with van der Waals surface area (Å²) in [6.07, 6.45) is 0. The molecule has 0 unspecified atom stereocenters. The molecule has 192 valence electrons. The monoisotopic (exact) mass is 680 g/mol. The van der Waals surface area contributed by atoms with E-state index in [0.717, 1.165) is 25.0 Å². The van der Waals surface area contributed by atoms with E-state index in [0.29, 0.717) is 24.9 Å². The molecule has 0 atom stereocenters. The molecule has 0 aliphatic carbocycles. The number of benzene rings is 4. The summed E-state index contributed by atoms with van der Waals surface area (Å²) < 4.78 is 3.77. The number of rotatable bonds is 2. The lowest BCUT2D eigenvalue weighted by Gasteiger charge is -2.02. The number of hydrogen-bond donors (Lipinski definition) is 2. The first kappa shape index (κ1) is 29.4. The molecule has 2 aromatic heterocycles. The van der Waals surface area contributed by atoms with E-state index in [2.05, 4.69) is 34.1 Å². The Hall–Kier alpha value is -1.58. The lowest BCUT2D eigenvalue weighted by atomic mass is 9.89. The van der Waals surface area contributed by atoms with Crippen LogP contribution in [0.25, 0.3) is 30.6 Å². The molecule has 0 saturated heterocycles. The Bertz CT molecular complexity index is 1600. The molecule has 0 radical (unpaired) electrons. The first-order valence-corrected chi connectivity index (χ1v) is 15.1. The van der Waals surface area contributed by atoms with Gasteiger partial charge in [-0.1, -0.05) is 101 Å². The topological polar surface area (TPSA) is 40.5 Å². The van der Waals surface area contributed by atoms with Crippen molar-refractivity contribution in [1.29, 1.82) is 0 Å². The van der Waals surface area contributed by atoms with Gasteiger partial charge in [0.05, 0.1) is 20.1 Å². The van der Waals surface area contributed by atoms with Crippen molar-refractivity contribution in [2.45, 2.75) is 0 Å². The van der Waals surface area contributed by atoms with Gasteiger partial charge in [0, 0.05) is 29.1 Å². The van der Waals surface area contributed by atoms with Gasteiger partial charge in [-0.3, -0.25) is 0 Å². The molecular weight excluding hydrogens is 665 g/mol. The summed E-state index contributed by atoms with van der Waals surface area (Å²) >= 11 is 30.0. The Morgan fingerprint density at radius 1 is 0.605 bits per heavy atom. The molecule has 2 N–H and O–H groups in total. The molecule has 0 fully saturated rings. The minimum absolute atomic E-state index is 0.569. The summed E-state index contributed by atoms with van der Waals surface area (Å²) in [4.78, 5) is 1.15. The van der Waals surface area contributed by atoms with Gasteiger partial charge in [0.2, 0.25) is 0 Å². The Morgan fingerprint density at radius 3 is 1.71 bits per heavy atom. The quantitative estimate of drug-likeness (QED) is 0.141. The maximum atomic E-state index is 8.89. The highest BCUT2D eigenvalue weighted by molar-refractivity contribution is 9.10. The van der Waals surface area contributed by atoms with Crippen molar-refractivity contribution in [2.24, 2.45) is 0 Å². The molecule has 0 aliphatic rings. The molecule has 0 amide bonds. The highest BCUT2D eigenvalue weighted by Crippen LogP contribution is 2.39. The molecule has 6 rings (SSSR count). The summed E-state index contributed by atoms with van der Waals surface area (Å²) in [5.41, 5.74) is 1.00. The fraction of sp³-hybridized carbons (Fsp3) is 0. The van der Waals surface area contributed by atoms with E-state index in [-0.39, 0.29) is 0 Å². The van der Waals surface area contributed by atoms with E-state index in [9.17, 15) is 0 Å². The van der Waals surface area contributed by atoms with Crippen LogP contribution in [0.1, 0.15) is 0 Å². The number of hydrogen-bond acceptors (Lipinski definition) is 4. The SMILES string of the molecule is Clc1cccc(-c2cc3ccccc3s2)c1Cl.Clc1cccc(Br)c1Cl.OB(O)c1cc2ccccc2s1. The van der Waals surface area contributed by atoms with Crippen LogP contribution in [0.2, 0.25) is 20.1 Å². The minimum Gasteiger partial charge on any atom is -0.423 e. The fourth-order valence-electron chi connectivity index (χ4n) is 3.42. The summed E-state index contributed by atoms with van der Waals surface area (Å²) in [7, 11) is -1.35. The van der Waals surface area contributed by atoms with Gasteiger partial charge in [-0.05, 0) is 69.2 Å². The number of thiophene rings is 2. The van der Waals surface area contributed by atoms with Crippen molar-refractivity contribution >= 4 is 117 Å². The van der Waals surface area contributed by atoms with Gasteiger partial charge in [0.1, 0.15) is 0 Å². The normalized spacial score (nSPS) is 10.5. The average Bonchev–Trinajstić information content (AvgIpc) is 3.54. The molecule has 10 heteroatoms. The second kappa shape index (κ2) is 13.7. The largest absolute Gasteiger partial charge is 0.499 e. The summed E-state index contributed by atoms with van der Waals surface area (Å²) in [6.45, 7) is 0. The third-order valence-electron chi connectivity index (χ3n) is 5.25.